The van der Waals surface area contributed by atoms with Crippen molar-refractivity contribution < 1.29 is 13.9 Å². The van der Waals surface area contributed by atoms with Gasteiger partial charge in [0.25, 0.3) is 0 Å². The van der Waals surface area contributed by atoms with Crippen LogP contribution in [0.25, 0.3) is 0 Å². The predicted molar refractivity (Wildman–Crippen MR) is 63.2 cm³/mol. The number of carbonyl (C=O) groups excluding carboxylic acids is 1. The summed E-state index contributed by atoms with van der Waals surface area (Å²) in [5, 5.41) is 0.808. The van der Waals surface area contributed by atoms with Crippen molar-refractivity contribution in [2.45, 2.75) is 6.92 Å². The lowest BCUT2D eigenvalue weighted by Gasteiger charge is -2.03. The van der Waals surface area contributed by atoms with Gasteiger partial charge in [-0.15, -0.1) is 11.3 Å². The number of ketones is 1. The Morgan fingerprint density at radius 1 is 1.47 bits per heavy atom. The zero-order valence-electron chi connectivity index (χ0n) is 9.36. The molecule has 0 aliphatic rings. The van der Waals surface area contributed by atoms with Gasteiger partial charge in [-0.05, 0) is 25.1 Å². The van der Waals surface area contributed by atoms with E-state index in [0.29, 0.717) is 10.4 Å². The molecule has 0 unspecified atom stereocenters. The molecule has 1 heterocycles. The zero-order valence-corrected chi connectivity index (χ0v) is 10.2. The number of carbonyl (C=O) groups is 1. The van der Waals surface area contributed by atoms with Crippen LogP contribution < -0.4 is 4.74 Å². The van der Waals surface area contributed by atoms with Crippen LogP contribution >= 0.6 is 11.3 Å². The van der Waals surface area contributed by atoms with Gasteiger partial charge in [-0.25, -0.2) is 9.37 Å². The molecule has 17 heavy (non-hydrogen) atoms. The van der Waals surface area contributed by atoms with E-state index in [1.54, 1.807) is 6.07 Å². The van der Waals surface area contributed by atoms with Gasteiger partial charge in [0.15, 0.2) is 11.6 Å². The van der Waals surface area contributed by atoms with E-state index >= 15 is 0 Å². The second-order valence-electron chi connectivity index (χ2n) is 3.42. The Balaban J connectivity index is 2.35. The minimum atomic E-state index is -0.542. The Labute approximate surface area is 102 Å². The average molecular weight is 251 g/mol. The van der Waals surface area contributed by atoms with Crippen molar-refractivity contribution in [2.24, 2.45) is 0 Å². The minimum absolute atomic E-state index is 0.127. The molecule has 2 rings (SSSR count). The van der Waals surface area contributed by atoms with Gasteiger partial charge in [0, 0.05) is 11.8 Å². The van der Waals surface area contributed by atoms with E-state index in [4.69, 9.17) is 4.74 Å². The summed E-state index contributed by atoms with van der Waals surface area (Å²) in [4.78, 5) is 16.5. The van der Waals surface area contributed by atoms with Crippen LogP contribution in [0.2, 0.25) is 0 Å². The van der Waals surface area contributed by atoms with Crippen molar-refractivity contribution in [3.05, 3.63) is 45.7 Å². The third-order valence-corrected chi connectivity index (χ3v) is 3.17. The molecule has 0 amide bonds. The summed E-state index contributed by atoms with van der Waals surface area (Å²) in [6, 6.07) is 4.16. The highest BCUT2D eigenvalue weighted by Gasteiger charge is 2.14. The molecule has 2 aromatic rings. The Hall–Kier alpha value is -1.75. The van der Waals surface area contributed by atoms with Gasteiger partial charge < -0.3 is 4.74 Å². The molecule has 5 heteroatoms. The highest BCUT2D eigenvalue weighted by molar-refractivity contribution is 7.13. The number of aryl methyl sites for hydroxylation is 1. The van der Waals surface area contributed by atoms with Crippen LogP contribution in [0.3, 0.4) is 0 Å². The van der Waals surface area contributed by atoms with Crippen LogP contribution in [0.5, 0.6) is 5.75 Å². The highest BCUT2D eigenvalue weighted by atomic mass is 32.1. The molecular weight excluding hydrogens is 241 g/mol. The highest BCUT2D eigenvalue weighted by Crippen LogP contribution is 2.21. The fraction of sp³-hybridized carbons (Fsp3) is 0.167. The van der Waals surface area contributed by atoms with E-state index in [0.717, 1.165) is 5.01 Å². The molecule has 0 bridgehead atoms. The normalized spacial score (nSPS) is 10.3. The molecule has 3 nitrogen and oxygen atoms in total. The van der Waals surface area contributed by atoms with Gasteiger partial charge in [0.1, 0.15) is 0 Å². The summed E-state index contributed by atoms with van der Waals surface area (Å²) < 4.78 is 18.2. The first-order chi connectivity index (χ1) is 8.11. The maximum absolute atomic E-state index is 13.4. The maximum atomic E-state index is 13.4. The van der Waals surface area contributed by atoms with Gasteiger partial charge in [0.2, 0.25) is 5.78 Å². The lowest BCUT2D eigenvalue weighted by molar-refractivity contribution is 0.104. The summed E-state index contributed by atoms with van der Waals surface area (Å²) in [7, 11) is 1.38. The standard InChI is InChI=1S/C12H10FNO2S/c1-7-14-6-11(17-7)12(15)8-3-4-10(16-2)9(13)5-8/h3-6H,1-2H3. The van der Waals surface area contributed by atoms with Crippen molar-refractivity contribution in [3.8, 4) is 5.75 Å². The van der Waals surface area contributed by atoms with E-state index in [1.165, 1.54) is 36.8 Å². The van der Waals surface area contributed by atoms with Crippen LogP contribution in [-0.2, 0) is 0 Å². The Bertz CT molecular complexity index is 565. The SMILES string of the molecule is COc1ccc(C(=O)c2cnc(C)s2)cc1F. The summed E-state index contributed by atoms with van der Waals surface area (Å²) in [6.07, 6.45) is 1.50. The molecule has 0 spiro atoms. The fourth-order valence-corrected chi connectivity index (χ4v) is 2.16. The number of nitrogens with zero attached hydrogens (tertiary/aromatic N) is 1. The van der Waals surface area contributed by atoms with E-state index in [9.17, 15) is 9.18 Å². The first-order valence-electron chi connectivity index (χ1n) is 4.92. The van der Waals surface area contributed by atoms with Gasteiger partial charge in [0.05, 0.1) is 17.0 Å². The van der Waals surface area contributed by atoms with E-state index in [2.05, 4.69) is 4.98 Å². The van der Waals surface area contributed by atoms with Gasteiger partial charge in [-0.3, -0.25) is 4.79 Å². The van der Waals surface area contributed by atoms with Crippen LogP contribution in [0, 0.1) is 12.7 Å². The molecule has 88 valence electrons. The molecule has 0 saturated carbocycles. The van der Waals surface area contributed by atoms with Gasteiger partial charge >= 0.3 is 0 Å². The Kier molecular flexibility index (Phi) is 3.19. The topological polar surface area (TPSA) is 39.2 Å². The molecule has 0 radical (unpaired) electrons. The fourth-order valence-electron chi connectivity index (χ4n) is 1.42. The summed E-state index contributed by atoms with van der Waals surface area (Å²) in [6.45, 7) is 1.82. The number of methoxy groups -OCH3 is 1. The maximum Gasteiger partial charge on any atom is 0.204 e. The number of halogens is 1. The minimum Gasteiger partial charge on any atom is -0.494 e. The molecule has 0 aliphatic heterocycles. The quantitative estimate of drug-likeness (QED) is 0.787. The van der Waals surface area contributed by atoms with Crippen molar-refractivity contribution in [1.82, 2.24) is 4.98 Å². The molecule has 1 aromatic heterocycles. The van der Waals surface area contributed by atoms with Crippen molar-refractivity contribution in [3.63, 3.8) is 0 Å². The number of hydrogen-bond acceptors (Lipinski definition) is 4. The smallest absolute Gasteiger partial charge is 0.204 e. The zero-order chi connectivity index (χ0) is 12.4. The van der Waals surface area contributed by atoms with Gasteiger partial charge in [-0.1, -0.05) is 0 Å². The van der Waals surface area contributed by atoms with Gasteiger partial charge in [-0.2, -0.15) is 0 Å². The largest absolute Gasteiger partial charge is 0.494 e. The second kappa shape index (κ2) is 4.63. The van der Waals surface area contributed by atoms with Crippen LogP contribution in [-0.4, -0.2) is 17.9 Å². The van der Waals surface area contributed by atoms with Crippen molar-refractivity contribution in [1.29, 1.82) is 0 Å². The van der Waals surface area contributed by atoms with Crippen molar-refractivity contribution >= 4 is 17.1 Å². The summed E-state index contributed by atoms with van der Waals surface area (Å²) >= 11 is 1.29. The predicted octanol–water partition coefficient (Wildman–Crippen LogP) is 2.83. The molecular formula is C12H10FNO2S. The van der Waals surface area contributed by atoms with Crippen LogP contribution in [0.1, 0.15) is 20.2 Å². The molecule has 0 fully saturated rings. The molecule has 0 saturated heterocycles. The number of ether oxygens (including phenoxy) is 1. The van der Waals surface area contributed by atoms with Crippen LogP contribution in [0.4, 0.5) is 4.39 Å². The summed E-state index contributed by atoms with van der Waals surface area (Å²) in [5.74, 6) is -0.640. The van der Waals surface area contributed by atoms with E-state index in [1.807, 2.05) is 6.92 Å². The third-order valence-electron chi connectivity index (χ3n) is 2.26. The summed E-state index contributed by atoms with van der Waals surface area (Å²) in [5.41, 5.74) is 0.298. The average Bonchev–Trinajstić information content (AvgIpc) is 2.75. The molecule has 0 N–H and O–H groups in total. The number of hydrogen-bond donors (Lipinski definition) is 0. The number of benzene rings is 1. The lowest BCUT2D eigenvalue weighted by Crippen LogP contribution is -2.00. The van der Waals surface area contributed by atoms with Crippen LogP contribution in [0.15, 0.2) is 24.4 Å². The first-order valence-corrected chi connectivity index (χ1v) is 5.74. The molecule has 1 aromatic carbocycles. The van der Waals surface area contributed by atoms with E-state index < -0.39 is 5.82 Å². The molecule has 0 atom stereocenters. The van der Waals surface area contributed by atoms with Crippen molar-refractivity contribution in [2.75, 3.05) is 7.11 Å². The monoisotopic (exact) mass is 251 g/mol. The Morgan fingerprint density at radius 3 is 2.76 bits per heavy atom. The number of thiazole rings is 1. The third kappa shape index (κ3) is 2.34. The second-order valence-corrected chi connectivity index (χ2v) is 4.66. The first kappa shape index (κ1) is 11.7. The number of rotatable bonds is 3. The van der Waals surface area contributed by atoms with E-state index in [-0.39, 0.29) is 11.5 Å². The lowest BCUT2D eigenvalue weighted by atomic mass is 10.1. The number of aromatic nitrogens is 1. The Morgan fingerprint density at radius 2 is 2.24 bits per heavy atom. The molecule has 0 aliphatic carbocycles.